The van der Waals surface area contributed by atoms with Crippen molar-refractivity contribution in [1.82, 2.24) is 10.2 Å². The lowest BCUT2D eigenvalue weighted by atomic mass is 9.85. The molecule has 5 nitrogen and oxygen atoms in total. The molecule has 22 heavy (non-hydrogen) atoms. The molecule has 0 radical (unpaired) electrons. The topological polar surface area (TPSA) is 69.6 Å². The van der Waals surface area contributed by atoms with Crippen molar-refractivity contribution < 1.29 is 14.7 Å². The molecule has 2 fully saturated rings. The van der Waals surface area contributed by atoms with Crippen molar-refractivity contribution in [1.29, 1.82) is 0 Å². The van der Waals surface area contributed by atoms with E-state index in [-0.39, 0.29) is 17.4 Å². The van der Waals surface area contributed by atoms with Gasteiger partial charge in [-0.1, -0.05) is 27.4 Å². The largest absolute Gasteiger partial charge is 0.383 e. The number of nitrogens with one attached hydrogen (secondary N) is 1. The summed E-state index contributed by atoms with van der Waals surface area (Å²) < 4.78 is 0. The molecule has 2 amide bonds. The number of aliphatic hydroxyl groups is 1. The zero-order valence-corrected chi connectivity index (χ0v) is 13.9. The van der Waals surface area contributed by atoms with E-state index in [2.05, 4.69) is 11.9 Å². The van der Waals surface area contributed by atoms with Crippen LogP contribution in [0.25, 0.3) is 0 Å². The second-order valence-corrected chi connectivity index (χ2v) is 7.72. The fraction of sp³-hybridized carbons (Fsp3) is 0.765. The quantitative estimate of drug-likeness (QED) is 0.773. The fourth-order valence-corrected chi connectivity index (χ4v) is 3.26. The van der Waals surface area contributed by atoms with Crippen molar-refractivity contribution in [2.24, 2.45) is 11.3 Å². The van der Waals surface area contributed by atoms with Gasteiger partial charge in [0.05, 0.1) is 0 Å². The molecular weight excluding hydrogens is 280 g/mol. The molecule has 0 unspecified atom stereocenters. The summed E-state index contributed by atoms with van der Waals surface area (Å²) in [7, 11) is 0. The van der Waals surface area contributed by atoms with Crippen LogP contribution in [-0.4, -0.2) is 46.6 Å². The third-order valence-electron chi connectivity index (χ3n) is 4.99. The third kappa shape index (κ3) is 3.51. The molecule has 0 bridgehead atoms. The highest BCUT2D eigenvalue weighted by Gasteiger charge is 2.52. The van der Waals surface area contributed by atoms with Gasteiger partial charge in [0.15, 0.2) is 0 Å². The van der Waals surface area contributed by atoms with E-state index in [0.29, 0.717) is 5.92 Å². The molecule has 1 aliphatic carbocycles. The number of carbonyl (C=O) groups excluding carboxylic acids is 2. The van der Waals surface area contributed by atoms with E-state index in [1.165, 1.54) is 6.08 Å². The van der Waals surface area contributed by atoms with E-state index in [9.17, 15) is 14.7 Å². The van der Waals surface area contributed by atoms with E-state index < -0.39 is 11.5 Å². The molecule has 1 saturated carbocycles. The summed E-state index contributed by atoms with van der Waals surface area (Å²) in [5.74, 6) is 0.0996. The van der Waals surface area contributed by atoms with Crippen LogP contribution < -0.4 is 5.32 Å². The monoisotopic (exact) mass is 308 g/mol. The summed E-state index contributed by atoms with van der Waals surface area (Å²) in [5, 5.41) is 13.2. The number of hydrogen-bond acceptors (Lipinski definition) is 3. The van der Waals surface area contributed by atoms with Gasteiger partial charge >= 0.3 is 0 Å². The van der Waals surface area contributed by atoms with Gasteiger partial charge in [-0.2, -0.15) is 0 Å². The van der Waals surface area contributed by atoms with Crippen molar-refractivity contribution in [2.75, 3.05) is 13.1 Å². The van der Waals surface area contributed by atoms with Crippen LogP contribution in [0.1, 0.15) is 46.5 Å². The number of carbonyl (C=O) groups is 2. The Bertz CT molecular complexity index is 455. The highest BCUT2D eigenvalue weighted by molar-refractivity contribution is 5.87. The first-order valence-corrected chi connectivity index (χ1v) is 8.11. The molecule has 0 aromatic rings. The molecule has 1 atom stereocenters. The lowest BCUT2D eigenvalue weighted by molar-refractivity contribution is -0.136. The lowest BCUT2D eigenvalue weighted by Crippen LogP contribution is -2.52. The van der Waals surface area contributed by atoms with Crippen LogP contribution in [0.3, 0.4) is 0 Å². The minimum absolute atomic E-state index is 0.0181. The third-order valence-corrected chi connectivity index (χ3v) is 4.99. The predicted octanol–water partition coefficient (Wildman–Crippen LogP) is 1.47. The number of piperidine rings is 1. The van der Waals surface area contributed by atoms with Gasteiger partial charge in [-0.05, 0) is 43.1 Å². The number of nitrogens with zero attached hydrogens (tertiary/aromatic N) is 1. The van der Waals surface area contributed by atoms with Crippen molar-refractivity contribution in [3.8, 4) is 0 Å². The second kappa shape index (κ2) is 6.03. The van der Waals surface area contributed by atoms with Crippen molar-refractivity contribution >= 4 is 11.8 Å². The number of amides is 2. The van der Waals surface area contributed by atoms with Crippen LogP contribution in [0.4, 0.5) is 0 Å². The van der Waals surface area contributed by atoms with E-state index in [1.54, 1.807) is 0 Å². The molecule has 2 rings (SSSR count). The van der Waals surface area contributed by atoms with Crippen LogP contribution in [-0.2, 0) is 9.59 Å². The normalized spacial score (nSPS) is 22.8. The number of aliphatic hydroxyl groups excluding tert-OH is 1. The van der Waals surface area contributed by atoms with E-state index in [1.807, 2.05) is 25.7 Å². The lowest BCUT2D eigenvalue weighted by Gasteiger charge is -2.37. The average Bonchev–Trinajstić information content (AvgIpc) is 3.25. The highest BCUT2D eigenvalue weighted by Crippen LogP contribution is 2.47. The fourth-order valence-electron chi connectivity index (χ4n) is 3.26. The summed E-state index contributed by atoms with van der Waals surface area (Å²) in [6.45, 7) is 10.5. The predicted molar refractivity (Wildman–Crippen MR) is 85.1 cm³/mol. The Hall–Kier alpha value is -1.36. The minimum Gasteiger partial charge on any atom is -0.383 e. The SMILES string of the molecule is C=CC(=O)N1CCC(C2(NC(=O)[C@@H](O)C(C)(C)C)CC2)CC1. The Labute approximate surface area is 132 Å². The maximum atomic E-state index is 12.3. The van der Waals surface area contributed by atoms with Gasteiger partial charge in [0, 0.05) is 18.6 Å². The number of likely N-dealkylation sites (tertiary alicyclic amines) is 1. The maximum Gasteiger partial charge on any atom is 0.249 e. The van der Waals surface area contributed by atoms with Crippen LogP contribution in [0, 0.1) is 11.3 Å². The van der Waals surface area contributed by atoms with Gasteiger partial charge in [0.2, 0.25) is 11.8 Å². The van der Waals surface area contributed by atoms with E-state index >= 15 is 0 Å². The van der Waals surface area contributed by atoms with E-state index in [0.717, 1.165) is 38.8 Å². The maximum absolute atomic E-state index is 12.3. The summed E-state index contributed by atoms with van der Waals surface area (Å²) in [5.41, 5.74) is -0.619. The summed E-state index contributed by atoms with van der Waals surface area (Å²) in [6, 6.07) is 0. The van der Waals surface area contributed by atoms with Crippen molar-refractivity contribution in [3.63, 3.8) is 0 Å². The average molecular weight is 308 g/mol. The van der Waals surface area contributed by atoms with Gasteiger partial charge in [0.1, 0.15) is 6.10 Å². The molecule has 1 aliphatic heterocycles. The molecular formula is C17H28N2O3. The highest BCUT2D eigenvalue weighted by atomic mass is 16.3. The molecule has 5 heteroatoms. The first-order valence-electron chi connectivity index (χ1n) is 8.11. The zero-order valence-electron chi connectivity index (χ0n) is 13.9. The number of hydrogen-bond donors (Lipinski definition) is 2. The van der Waals surface area contributed by atoms with Gasteiger partial charge in [0.25, 0.3) is 0 Å². The molecule has 2 N–H and O–H groups in total. The van der Waals surface area contributed by atoms with Crippen LogP contribution >= 0.6 is 0 Å². The number of rotatable bonds is 4. The summed E-state index contributed by atoms with van der Waals surface area (Å²) in [4.78, 5) is 25.7. The van der Waals surface area contributed by atoms with Crippen LogP contribution in [0.2, 0.25) is 0 Å². The Morgan fingerprint density at radius 3 is 2.27 bits per heavy atom. The minimum atomic E-state index is -0.993. The Morgan fingerprint density at radius 1 is 1.32 bits per heavy atom. The summed E-state index contributed by atoms with van der Waals surface area (Å²) in [6.07, 6.45) is 4.09. The zero-order chi connectivity index (χ0) is 16.5. The Balaban J connectivity index is 1.92. The van der Waals surface area contributed by atoms with Crippen LogP contribution in [0.15, 0.2) is 12.7 Å². The Kier molecular flexibility index (Phi) is 4.66. The van der Waals surface area contributed by atoms with Gasteiger partial charge < -0.3 is 15.3 Å². The first-order chi connectivity index (χ1) is 10.2. The smallest absolute Gasteiger partial charge is 0.249 e. The molecule has 0 aromatic heterocycles. The molecule has 0 spiro atoms. The second-order valence-electron chi connectivity index (χ2n) is 7.72. The van der Waals surface area contributed by atoms with Gasteiger partial charge in [-0.3, -0.25) is 9.59 Å². The molecule has 124 valence electrons. The van der Waals surface area contributed by atoms with Gasteiger partial charge in [-0.25, -0.2) is 0 Å². The van der Waals surface area contributed by atoms with Gasteiger partial charge in [-0.15, -0.1) is 0 Å². The molecule has 0 aromatic carbocycles. The standard InChI is InChI=1S/C17H28N2O3/c1-5-13(20)19-10-6-12(7-11-19)17(8-9-17)18-15(22)14(21)16(2,3)4/h5,12,14,21H,1,6-11H2,2-4H3,(H,18,22)/t14-/m1/s1. The Morgan fingerprint density at radius 2 is 1.86 bits per heavy atom. The molecule has 1 saturated heterocycles. The summed E-state index contributed by atoms with van der Waals surface area (Å²) >= 11 is 0. The van der Waals surface area contributed by atoms with Crippen molar-refractivity contribution in [3.05, 3.63) is 12.7 Å². The van der Waals surface area contributed by atoms with Crippen molar-refractivity contribution in [2.45, 2.75) is 58.1 Å². The van der Waals surface area contributed by atoms with E-state index in [4.69, 9.17) is 0 Å². The molecule has 2 aliphatic rings. The molecule has 1 heterocycles. The first kappa shape index (κ1) is 17.0. The van der Waals surface area contributed by atoms with Crippen LogP contribution in [0.5, 0.6) is 0 Å².